The number of aryl methyl sites for hydroxylation is 1. The summed E-state index contributed by atoms with van der Waals surface area (Å²) in [5, 5.41) is 0.970. The molecule has 0 radical (unpaired) electrons. The first-order valence-corrected chi connectivity index (χ1v) is 11.4. The molecule has 7 heteroatoms. The quantitative estimate of drug-likeness (QED) is 0.758. The molecule has 0 aliphatic heterocycles. The van der Waals surface area contributed by atoms with Crippen molar-refractivity contribution in [2.45, 2.75) is 23.1 Å². The van der Waals surface area contributed by atoms with Gasteiger partial charge in [0.1, 0.15) is 0 Å². The van der Waals surface area contributed by atoms with Gasteiger partial charge in [-0.15, -0.1) is 0 Å². The smallest absolute Gasteiger partial charge is 0.175 e. The molecule has 1 heterocycles. The number of aromatic nitrogens is 1. The van der Waals surface area contributed by atoms with Crippen LogP contribution >= 0.6 is 0 Å². The van der Waals surface area contributed by atoms with E-state index in [1.165, 1.54) is 12.5 Å². The molecule has 0 aliphatic carbocycles. The van der Waals surface area contributed by atoms with Gasteiger partial charge in [-0.3, -0.25) is 0 Å². The summed E-state index contributed by atoms with van der Waals surface area (Å²) in [6.45, 7) is 1.94. The maximum absolute atomic E-state index is 11.7. The predicted molar refractivity (Wildman–Crippen MR) is 98.5 cm³/mol. The van der Waals surface area contributed by atoms with Crippen molar-refractivity contribution >= 4 is 30.6 Å². The molecule has 2 aromatic carbocycles. The summed E-state index contributed by atoms with van der Waals surface area (Å²) in [5.41, 5.74) is 3.81. The van der Waals surface area contributed by atoms with E-state index < -0.39 is 19.7 Å². The number of hydrogen-bond donors (Lipinski definition) is 1. The minimum atomic E-state index is -3.25. The molecule has 0 amide bonds. The van der Waals surface area contributed by atoms with E-state index >= 15 is 0 Å². The number of nitrogens with one attached hydrogen (secondary N) is 1. The molecule has 0 saturated carbocycles. The van der Waals surface area contributed by atoms with Gasteiger partial charge in [-0.25, -0.2) is 16.8 Å². The summed E-state index contributed by atoms with van der Waals surface area (Å²) in [6, 6.07) is 11.9. The summed E-state index contributed by atoms with van der Waals surface area (Å²) in [6.07, 6.45) is 3.01. The third-order valence-electron chi connectivity index (χ3n) is 4.25. The number of sulfone groups is 2. The molecule has 0 unspecified atom stereocenters. The van der Waals surface area contributed by atoms with Crippen LogP contribution in [0.15, 0.2) is 52.3 Å². The lowest BCUT2D eigenvalue weighted by atomic mass is 10.0. The van der Waals surface area contributed by atoms with Crippen LogP contribution in [0.4, 0.5) is 0 Å². The predicted octanol–water partition coefficient (Wildman–Crippen LogP) is 2.87. The highest BCUT2D eigenvalue weighted by Gasteiger charge is 2.14. The van der Waals surface area contributed by atoms with Crippen LogP contribution < -0.4 is 0 Å². The molecule has 1 aromatic heterocycles. The molecule has 1 N–H and O–H groups in total. The molecule has 5 nitrogen and oxygen atoms in total. The van der Waals surface area contributed by atoms with E-state index in [1.54, 1.807) is 36.4 Å². The molecule has 0 atom stereocenters. The fourth-order valence-electron chi connectivity index (χ4n) is 2.89. The van der Waals surface area contributed by atoms with Crippen LogP contribution in [0, 0.1) is 6.92 Å². The Bertz CT molecular complexity index is 1160. The van der Waals surface area contributed by atoms with E-state index in [1.807, 2.05) is 13.0 Å². The van der Waals surface area contributed by atoms with Gasteiger partial charge in [0.2, 0.25) is 0 Å². The van der Waals surface area contributed by atoms with E-state index in [0.717, 1.165) is 27.7 Å². The second-order valence-corrected chi connectivity index (χ2v) is 10.3. The van der Waals surface area contributed by atoms with E-state index in [4.69, 9.17) is 0 Å². The topological polar surface area (TPSA) is 84.1 Å². The standard InChI is InChI=1S/C18H19NO4S2/c1-12-17(10-13-4-6-14(7-5-13)24(2,20)21)16-9-8-15(25(3,22)23)11-18(16)19-12/h4-9,11,19H,10H2,1-3H3. The van der Waals surface area contributed by atoms with Gasteiger partial charge in [0.25, 0.3) is 0 Å². The Labute approximate surface area is 147 Å². The fraction of sp³-hybridized carbons (Fsp3) is 0.222. The SMILES string of the molecule is Cc1[nH]c2cc(S(C)(=O)=O)ccc2c1Cc1ccc(S(C)(=O)=O)cc1. The van der Waals surface area contributed by atoms with Crippen LogP contribution in [0.2, 0.25) is 0 Å². The Kier molecular flexibility index (Phi) is 4.25. The van der Waals surface area contributed by atoms with Gasteiger partial charge >= 0.3 is 0 Å². The maximum atomic E-state index is 11.7. The number of aromatic amines is 1. The van der Waals surface area contributed by atoms with Crippen molar-refractivity contribution in [2.75, 3.05) is 12.5 Å². The largest absolute Gasteiger partial charge is 0.358 e. The van der Waals surface area contributed by atoms with E-state index in [-0.39, 0.29) is 4.90 Å². The third-order valence-corrected chi connectivity index (χ3v) is 6.49. The Morgan fingerprint density at radius 2 is 1.40 bits per heavy atom. The van der Waals surface area contributed by atoms with E-state index in [2.05, 4.69) is 4.98 Å². The monoisotopic (exact) mass is 377 g/mol. The van der Waals surface area contributed by atoms with Gasteiger partial charge in [0, 0.05) is 29.1 Å². The Balaban J connectivity index is 2.00. The van der Waals surface area contributed by atoms with E-state index in [0.29, 0.717) is 11.3 Å². The summed E-state index contributed by atoms with van der Waals surface area (Å²) in [7, 11) is -6.46. The lowest BCUT2D eigenvalue weighted by Gasteiger charge is -2.05. The van der Waals surface area contributed by atoms with Gasteiger partial charge in [0.05, 0.1) is 9.79 Å². The molecular weight excluding hydrogens is 358 g/mol. The van der Waals surface area contributed by atoms with Crippen molar-refractivity contribution in [2.24, 2.45) is 0 Å². The molecule has 0 bridgehead atoms. The van der Waals surface area contributed by atoms with Crippen LogP contribution in [0.1, 0.15) is 16.8 Å². The van der Waals surface area contributed by atoms with Gasteiger partial charge < -0.3 is 4.98 Å². The molecular formula is C18H19NO4S2. The van der Waals surface area contributed by atoms with Crippen LogP contribution in [0.5, 0.6) is 0 Å². The van der Waals surface area contributed by atoms with Gasteiger partial charge in [0.15, 0.2) is 19.7 Å². The van der Waals surface area contributed by atoms with Crippen molar-refractivity contribution in [1.29, 1.82) is 0 Å². The summed E-state index contributed by atoms with van der Waals surface area (Å²) in [4.78, 5) is 3.81. The van der Waals surface area contributed by atoms with Crippen LogP contribution in [-0.2, 0) is 26.1 Å². The fourth-order valence-corrected chi connectivity index (χ4v) is 4.16. The molecule has 0 saturated heterocycles. The van der Waals surface area contributed by atoms with Crippen molar-refractivity contribution < 1.29 is 16.8 Å². The number of benzene rings is 2. The second kappa shape index (κ2) is 6.00. The lowest BCUT2D eigenvalue weighted by Crippen LogP contribution is -1.98. The summed E-state index contributed by atoms with van der Waals surface area (Å²) < 4.78 is 46.5. The molecule has 0 spiro atoms. The average molecular weight is 377 g/mol. The minimum Gasteiger partial charge on any atom is -0.358 e. The van der Waals surface area contributed by atoms with Crippen LogP contribution in [0.25, 0.3) is 10.9 Å². The molecule has 3 rings (SSSR count). The van der Waals surface area contributed by atoms with Crippen molar-refractivity contribution in [1.82, 2.24) is 4.98 Å². The average Bonchev–Trinajstić information content (AvgIpc) is 2.81. The van der Waals surface area contributed by atoms with Gasteiger partial charge in [-0.1, -0.05) is 18.2 Å². The second-order valence-electron chi connectivity index (χ2n) is 6.30. The number of fused-ring (bicyclic) bond motifs is 1. The number of H-pyrrole nitrogens is 1. The Morgan fingerprint density at radius 1 is 0.840 bits per heavy atom. The highest BCUT2D eigenvalue weighted by atomic mass is 32.2. The lowest BCUT2D eigenvalue weighted by molar-refractivity contribution is 0.600. The van der Waals surface area contributed by atoms with Crippen molar-refractivity contribution in [3.05, 3.63) is 59.3 Å². The molecule has 0 aliphatic rings. The Morgan fingerprint density at radius 3 is 1.96 bits per heavy atom. The molecule has 25 heavy (non-hydrogen) atoms. The van der Waals surface area contributed by atoms with Gasteiger partial charge in [-0.05, 0) is 48.7 Å². The van der Waals surface area contributed by atoms with Crippen molar-refractivity contribution in [3.63, 3.8) is 0 Å². The first-order valence-electron chi connectivity index (χ1n) is 7.66. The van der Waals surface area contributed by atoms with Crippen LogP contribution in [-0.4, -0.2) is 34.3 Å². The first kappa shape index (κ1) is 17.7. The maximum Gasteiger partial charge on any atom is 0.175 e. The number of rotatable bonds is 4. The van der Waals surface area contributed by atoms with E-state index in [9.17, 15) is 16.8 Å². The molecule has 0 fully saturated rings. The summed E-state index contributed by atoms with van der Waals surface area (Å²) >= 11 is 0. The Hall–Kier alpha value is -2.12. The molecule has 132 valence electrons. The third kappa shape index (κ3) is 3.62. The van der Waals surface area contributed by atoms with Crippen LogP contribution in [0.3, 0.4) is 0 Å². The number of hydrogen-bond acceptors (Lipinski definition) is 4. The van der Waals surface area contributed by atoms with Crippen molar-refractivity contribution in [3.8, 4) is 0 Å². The highest BCUT2D eigenvalue weighted by Crippen LogP contribution is 2.27. The van der Waals surface area contributed by atoms with Gasteiger partial charge in [-0.2, -0.15) is 0 Å². The summed E-state index contributed by atoms with van der Waals surface area (Å²) in [5.74, 6) is 0. The zero-order chi connectivity index (χ0) is 18.4. The first-order chi connectivity index (χ1) is 11.6. The molecule has 3 aromatic rings. The zero-order valence-corrected chi connectivity index (χ0v) is 15.8. The minimum absolute atomic E-state index is 0.283. The zero-order valence-electron chi connectivity index (χ0n) is 14.2. The normalized spacial score (nSPS) is 12.6. The highest BCUT2D eigenvalue weighted by molar-refractivity contribution is 7.91.